The first-order valence-corrected chi connectivity index (χ1v) is 9.88. The van der Waals surface area contributed by atoms with Crippen LogP contribution in [0.1, 0.15) is 29.8 Å². The summed E-state index contributed by atoms with van der Waals surface area (Å²) in [6, 6.07) is 20.0. The van der Waals surface area contributed by atoms with Crippen molar-refractivity contribution in [1.82, 2.24) is 9.88 Å². The zero-order valence-corrected chi connectivity index (χ0v) is 16.0. The lowest BCUT2D eigenvalue weighted by atomic mass is 9.77. The molecule has 3 nitrogen and oxygen atoms in total. The number of hydrogen-bond acceptors (Lipinski definition) is 2. The summed E-state index contributed by atoms with van der Waals surface area (Å²) in [5.74, 6) is -0.407. The Bertz CT molecular complexity index is 991. The molecule has 4 rings (SSSR count). The number of nitrogens with zero attached hydrogens (tertiary/aromatic N) is 2. The van der Waals surface area contributed by atoms with Crippen LogP contribution in [-0.2, 0) is 0 Å². The molecule has 2 heterocycles. The molecule has 1 fully saturated rings. The van der Waals surface area contributed by atoms with Crippen molar-refractivity contribution in [2.45, 2.75) is 19.3 Å². The van der Waals surface area contributed by atoms with Gasteiger partial charge in [-0.3, -0.25) is 13.4 Å². The van der Waals surface area contributed by atoms with Crippen LogP contribution in [0, 0.1) is 0 Å². The maximum absolute atomic E-state index is 14.2. The lowest BCUT2D eigenvalue weighted by molar-refractivity contribution is 0.0719. The molecule has 1 amide bonds. The minimum absolute atomic E-state index is 0.137. The molecule has 1 aromatic heterocycles. The second-order valence-corrected chi connectivity index (χ2v) is 7.20. The van der Waals surface area contributed by atoms with Crippen LogP contribution in [0.15, 0.2) is 66.7 Å². The van der Waals surface area contributed by atoms with E-state index in [1.54, 1.807) is 35.2 Å². The number of carbonyl (C=O) groups is 1. The van der Waals surface area contributed by atoms with Crippen LogP contribution in [0.25, 0.3) is 22.4 Å². The van der Waals surface area contributed by atoms with Gasteiger partial charge in [0.25, 0.3) is 5.91 Å². The number of hydrogen-bond donors (Lipinski definition) is 0. The molecule has 1 saturated heterocycles. The molecular weight excluding hydrogens is 369 g/mol. The molecule has 0 spiro atoms. The van der Waals surface area contributed by atoms with Gasteiger partial charge >= 0.3 is 7.27 Å². The van der Waals surface area contributed by atoms with Crippen molar-refractivity contribution in [2.24, 2.45) is 0 Å². The molecule has 0 unspecified atom stereocenters. The third-order valence-corrected chi connectivity index (χ3v) is 5.28. The highest BCUT2D eigenvalue weighted by atomic mass is 19.2. The average molecular weight is 390 g/mol. The highest BCUT2D eigenvalue weighted by molar-refractivity contribution is 6.63. The smallest absolute Gasteiger partial charge is 0.337 e. The third-order valence-electron chi connectivity index (χ3n) is 5.28. The zero-order chi connectivity index (χ0) is 20.2. The summed E-state index contributed by atoms with van der Waals surface area (Å²) in [5, 5.41) is 0. The lowest BCUT2D eigenvalue weighted by Gasteiger charge is -2.27. The summed E-state index contributed by atoms with van der Waals surface area (Å²) in [7, 11) is -2.80. The number of carbonyl (C=O) groups excluding carboxylic acids is 1. The Morgan fingerprint density at radius 3 is 2.03 bits per heavy atom. The van der Waals surface area contributed by atoms with Gasteiger partial charge in [0.1, 0.15) is 5.69 Å². The summed E-state index contributed by atoms with van der Waals surface area (Å²) < 4.78 is 28.4. The molecule has 6 heteroatoms. The number of benzene rings is 2. The van der Waals surface area contributed by atoms with Gasteiger partial charge in [0.15, 0.2) is 0 Å². The van der Waals surface area contributed by atoms with Crippen molar-refractivity contribution in [3.8, 4) is 22.4 Å². The summed E-state index contributed by atoms with van der Waals surface area (Å²) in [6.07, 6.45) is 2.83. The highest BCUT2D eigenvalue weighted by Gasteiger charge is 2.32. The van der Waals surface area contributed by atoms with Crippen molar-refractivity contribution in [3.63, 3.8) is 0 Å². The first-order valence-electron chi connectivity index (χ1n) is 9.88. The molecular formula is C23H21BF2N2O. The Morgan fingerprint density at radius 2 is 1.45 bits per heavy atom. The maximum Gasteiger partial charge on any atom is 0.574 e. The van der Waals surface area contributed by atoms with Gasteiger partial charge in [0.05, 0.1) is 5.69 Å². The Balaban J connectivity index is 1.93. The molecule has 2 aromatic carbocycles. The summed E-state index contributed by atoms with van der Waals surface area (Å²) in [6.45, 7) is 1.17. The van der Waals surface area contributed by atoms with E-state index in [2.05, 4.69) is 4.98 Å². The molecule has 0 saturated carbocycles. The van der Waals surface area contributed by atoms with Gasteiger partial charge in [-0.25, -0.2) is 4.98 Å². The lowest BCUT2D eigenvalue weighted by Crippen LogP contribution is -2.41. The van der Waals surface area contributed by atoms with E-state index >= 15 is 0 Å². The van der Waals surface area contributed by atoms with E-state index in [9.17, 15) is 13.4 Å². The van der Waals surface area contributed by atoms with Gasteiger partial charge < -0.3 is 4.90 Å². The molecule has 0 N–H and O–H groups in total. The standard InChI is InChI=1S/C23H21BF2N2O/c25-24(26)21-19(17-10-4-1-5-11-17)16-20(18-12-6-2-7-13-18)27-22(21)23(29)28-14-8-3-9-15-28/h1-2,4-7,10-13,16H,3,8-9,14-15H2. The van der Waals surface area contributed by atoms with Gasteiger partial charge in [-0.05, 0) is 36.5 Å². The third kappa shape index (κ3) is 4.06. The van der Waals surface area contributed by atoms with Crippen LogP contribution in [0.2, 0.25) is 0 Å². The fourth-order valence-corrected chi connectivity index (χ4v) is 3.80. The average Bonchev–Trinajstić information content (AvgIpc) is 2.79. The summed E-state index contributed by atoms with van der Waals surface area (Å²) in [4.78, 5) is 19.3. The minimum Gasteiger partial charge on any atom is -0.337 e. The predicted octanol–water partition coefficient (Wildman–Crippen LogP) is 4.68. The fourth-order valence-electron chi connectivity index (χ4n) is 3.80. The van der Waals surface area contributed by atoms with Crippen LogP contribution in [0.5, 0.6) is 0 Å². The quantitative estimate of drug-likeness (QED) is 0.607. The van der Waals surface area contributed by atoms with Crippen LogP contribution in [0.4, 0.5) is 8.63 Å². The monoisotopic (exact) mass is 390 g/mol. The van der Waals surface area contributed by atoms with Crippen LogP contribution in [0.3, 0.4) is 0 Å². The fraction of sp³-hybridized carbons (Fsp3) is 0.217. The second-order valence-electron chi connectivity index (χ2n) is 7.20. The number of piperidine rings is 1. The number of rotatable bonds is 4. The Hall–Kier alpha value is -3.02. The van der Waals surface area contributed by atoms with E-state index in [-0.39, 0.29) is 11.2 Å². The van der Waals surface area contributed by atoms with Crippen LogP contribution >= 0.6 is 0 Å². The number of likely N-dealkylation sites (tertiary alicyclic amines) is 1. The molecule has 0 atom stereocenters. The van der Waals surface area contributed by atoms with Crippen molar-refractivity contribution in [2.75, 3.05) is 13.1 Å². The molecule has 1 aliphatic rings. The maximum atomic E-state index is 14.2. The number of halogens is 2. The van der Waals surface area contributed by atoms with Crippen molar-refractivity contribution < 1.29 is 13.4 Å². The van der Waals surface area contributed by atoms with Crippen molar-refractivity contribution in [1.29, 1.82) is 0 Å². The molecule has 3 aromatic rings. The van der Waals surface area contributed by atoms with E-state index in [1.807, 2.05) is 36.4 Å². The largest absolute Gasteiger partial charge is 0.574 e. The Kier molecular flexibility index (Phi) is 5.70. The van der Waals surface area contributed by atoms with E-state index in [4.69, 9.17) is 0 Å². The molecule has 29 heavy (non-hydrogen) atoms. The van der Waals surface area contributed by atoms with Crippen molar-refractivity contribution >= 4 is 18.6 Å². The first kappa shape index (κ1) is 19.3. The van der Waals surface area contributed by atoms with Gasteiger partial charge in [-0.1, -0.05) is 60.7 Å². The summed E-state index contributed by atoms with van der Waals surface area (Å²) in [5.41, 5.74) is 1.89. The van der Waals surface area contributed by atoms with E-state index in [0.717, 1.165) is 24.8 Å². The summed E-state index contributed by atoms with van der Waals surface area (Å²) >= 11 is 0. The predicted molar refractivity (Wildman–Crippen MR) is 112 cm³/mol. The van der Waals surface area contributed by atoms with Gasteiger partial charge in [0.2, 0.25) is 0 Å². The first-order chi connectivity index (χ1) is 14.1. The van der Waals surface area contributed by atoms with Gasteiger partial charge in [0, 0.05) is 24.1 Å². The minimum atomic E-state index is -2.80. The molecule has 146 valence electrons. The van der Waals surface area contributed by atoms with Gasteiger partial charge in [-0.15, -0.1) is 0 Å². The van der Waals surface area contributed by atoms with E-state index in [0.29, 0.717) is 29.9 Å². The Morgan fingerprint density at radius 1 is 0.862 bits per heavy atom. The van der Waals surface area contributed by atoms with Crippen molar-refractivity contribution in [3.05, 3.63) is 72.4 Å². The Labute approximate surface area is 169 Å². The number of aromatic nitrogens is 1. The van der Waals surface area contributed by atoms with Gasteiger partial charge in [-0.2, -0.15) is 0 Å². The second kappa shape index (κ2) is 8.56. The topological polar surface area (TPSA) is 33.2 Å². The normalized spacial score (nSPS) is 13.9. The number of pyridine rings is 1. The highest BCUT2D eigenvalue weighted by Crippen LogP contribution is 2.26. The SMILES string of the molecule is O=C(c1nc(-c2ccccc2)cc(-c2ccccc2)c1B(F)F)N1CCCCC1. The molecule has 1 aliphatic heterocycles. The zero-order valence-electron chi connectivity index (χ0n) is 16.0. The molecule has 0 radical (unpaired) electrons. The number of amides is 1. The van der Waals surface area contributed by atoms with Crippen LogP contribution in [-0.4, -0.2) is 36.1 Å². The molecule has 0 bridgehead atoms. The van der Waals surface area contributed by atoms with E-state index < -0.39 is 13.2 Å². The van der Waals surface area contributed by atoms with Crippen LogP contribution < -0.4 is 5.46 Å². The van der Waals surface area contributed by atoms with E-state index in [1.165, 1.54) is 0 Å². The molecule has 0 aliphatic carbocycles.